The maximum absolute atomic E-state index is 11.5. The van der Waals surface area contributed by atoms with Crippen LogP contribution in [0.2, 0.25) is 0 Å². The van der Waals surface area contributed by atoms with E-state index in [1.807, 2.05) is 24.3 Å². The predicted octanol–water partition coefficient (Wildman–Crippen LogP) is 1.73. The SMILES string of the molecule is Nc1cccc(CCC(=O)NCC2CC2)c1. The Labute approximate surface area is 96.0 Å². The molecule has 0 aromatic heterocycles. The topological polar surface area (TPSA) is 55.1 Å². The van der Waals surface area contributed by atoms with E-state index in [4.69, 9.17) is 5.73 Å². The Morgan fingerprint density at radius 2 is 2.25 bits per heavy atom. The summed E-state index contributed by atoms with van der Waals surface area (Å²) < 4.78 is 0. The van der Waals surface area contributed by atoms with Crippen molar-refractivity contribution >= 4 is 11.6 Å². The number of nitrogens with two attached hydrogens (primary N) is 1. The minimum Gasteiger partial charge on any atom is -0.399 e. The average molecular weight is 218 g/mol. The molecule has 0 heterocycles. The summed E-state index contributed by atoms with van der Waals surface area (Å²) in [5, 5.41) is 2.96. The minimum atomic E-state index is 0.148. The number of aryl methyl sites for hydroxylation is 1. The molecule has 1 aromatic carbocycles. The molecule has 1 fully saturated rings. The molecule has 86 valence electrons. The largest absolute Gasteiger partial charge is 0.399 e. The highest BCUT2D eigenvalue weighted by Gasteiger charge is 2.21. The van der Waals surface area contributed by atoms with Gasteiger partial charge in [0.1, 0.15) is 0 Å². The Kier molecular flexibility index (Phi) is 3.44. The number of nitrogen functional groups attached to an aromatic ring is 1. The third-order valence-electron chi connectivity index (χ3n) is 2.88. The van der Waals surface area contributed by atoms with Crippen molar-refractivity contribution in [3.63, 3.8) is 0 Å². The summed E-state index contributed by atoms with van der Waals surface area (Å²) in [6, 6.07) is 7.71. The molecule has 16 heavy (non-hydrogen) atoms. The van der Waals surface area contributed by atoms with Crippen molar-refractivity contribution in [2.75, 3.05) is 12.3 Å². The summed E-state index contributed by atoms with van der Waals surface area (Å²) in [5.74, 6) is 0.894. The van der Waals surface area contributed by atoms with E-state index in [0.29, 0.717) is 6.42 Å². The van der Waals surface area contributed by atoms with E-state index in [9.17, 15) is 4.79 Å². The van der Waals surface area contributed by atoms with Gasteiger partial charge in [0.15, 0.2) is 0 Å². The predicted molar refractivity (Wildman–Crippen MR) is 64.9 cm³/mol. The lowest BCUT2D eigenvalue weighted by Crippen LogP contribution is -2.25. The molecule has 0 saturated heterocycles. The lowest BCUT2D eigenvalue weighted by Gasteiger charge is -2.04. The zero-order chi connectivity index (χ0) is 11.4. The maximum Gasteiger partial charge on any atom is 0.220 e. The average Bonchev–Trinajstić information content (AvgIpc) is 3.07. The van der Waals surface area contributed by atoms with Crippen molar-refractivity contribution in [2.45, 2.75) is 25.7 Å². The Morgan fingerprint density at radius 1 is 1.44 bits per heavy atom. The molecule has 1 amide bonds. The lowest BCUT2D eigenvalue weighted by atomic mass is 10.1. The van der Waals surface area contributed by atoms with Crippen molar-refractivity contribution in [3.8, 4) is 0 Å². The van der Waals surface area contributed by atoms with Gasteiger partial charge in [0.05, 0.1) is 0 Å². The molecule has 1 aliphatic carbocycles. The molecule has 0 radical (unpaired) electrons. The van der Waals surface area contributed by atoms with Crippen molar-refractivity contribution in [1.82, 2.24) is 5.32 Å². The van der Waals surface area contributed by atoms with Crippen LogP contribution < -0.4 is 11.1 Å². The first-order chi connectivity index (χ1) is 7.74. The van der Waals surface area contributed by atoms with Gasteiger partial charge in [-0.2, -0.15) is 0 Å². The number of hydrogen-bond acceptors (Lipinski definition) is 2. The number of carbonyl (C=O) groups is 1. The first-order valence-corrected chi connectivity index (χ1v) is 5.85. The molecule has 1 aliphatic rings. The summed E-state index contributed by atoms with van der Waals surface area (Å²) in [6.45, 7) is 0.857. The fourth-order valence-corrected chi connectivity index (χ4v) is 1.68. The van der Waals surface area contributed by atoms with Gasteiger partial charge in [0, 0.05) is 18.7 Å². The van der Waals surface area contributed by atoms with Gasteiger partial charge in [-0.05, 0) is 42.9 Å². The first kappa shape index (κ1) is 11.0. The molecule has 0 unspecified atom stereocenters. The van der Waals surface area contributed by atoms with Crippen LogP contribution in [0.3, 0.4) is 0 Å². The number of nitrogens with one attached hydrogen (secondary N) is 1. The van der Waals surface area contributed by atoms with Gasteiger partial charge in [-0.3, -0.25) is 4.79 Å². The molecule has 0 bridgehead atoms. The zero-order valence-electron chi connectivity index (χ0n) is 9.41. The van der Waals surface area contributed by atoms with Crippen molar-refractivity contribution in [3.05, 3.63) is 29.8 Å². The van der Waals surface area contributed by atoms with Gasteiger partial charge in [-0.15, -0.1) is 0 Å². The van der Waals surface area contributed by atoms with E-state index >= 15 is 0 Å². The van der Waals surface area contributed by atoms with Crippen LogP contribution in [-0.2, 0) is 11.2 Å². The number of amides is 1. The van der Waals surface area contributed by atoms with Crippen LogP contribution in [0.4, 0.5) is 5.69 Å². The first-order valence-electron chi connectivity index (χ1n) is 5.85. The number of rotatable bonds is 5. The number of hydrogen-bond donors (Lipinski definition) is 2. The normalized spacial score (nSPS) is 14.8. The monoisotopic (exact) mass is 218 g/mol. The van der Waals surface area contributed by atoms with Gasteiger partial charge in [0.2, 0.25) is 5.91 Å². The summed E-state index contributed by atoms with van der Waals surface area (Å²) in [5.41, 5.74) is 7.56. The van der Waals surface area contributed by atoms with Crippen LogP contribution in [0.1, 0.15) is 24.8 Å². The number of benzene rings is 1. The van der Waals surface area contributed by atoms with Gasteiger partial charge >= 0.3 is 0 Å². The second-order valence-corrected chi connectivity index (χ2v) is 4.49. The summed E-state index contributed by atoms with van der Waals surface area (Å²) in [6.07, 6.45) is 3.86. The highest BCUT2D eigenvalue weighted by Crippen LogP contribution is 2.27. The summed E-state index contributed by atoms with van der Waals surface area (Å²) in [4.78, 5) is 11.5. The van der Waals surface area contributed by atoms with E-state index < -0.39 is 0 Å². The second kappa shape index (κ2) is 5.01. The molecule has 3 nitrogen and oxygen atoms in total. The van der Waals surface area contributed by atoms with Crippen molar-refractivity contribution in [1.29, 1.82) is 0 Å². The lowest BCUT2D eigenvalue weighted by molar-refractivity contribution is -0.121. The second-order valence-electron chi connectivity index (χ2n) is 4.49. The van der Waals surface area contributed by atoms with Gasteiger partial charge in [-0.1, -0.05) is 12.1 Å². The molecule has 0 spiro atoms. The molecular formula is C13H18N2O. The van der Waals surface area contributed by atoms with Gasteiger partial charge < -0.3 is 11.1 Å². The van der Waals surface area contributed by atoms with E-state index in [2.05, 4.69) is 5.32 Å². The van der Waals surface area contributed by atoms with Crippen LogP contribution in [0.15, 0.2) is 24.3 Å². The fourth-order valence-electron chi connectivity index (χ4n) is 1.68. The van der Waals surface area contributed by atoms with E-state index in [0.717, 1.165) is 30.1 Å². The number of anilines is 1. The van der Waals surface area contributed by atoms with Crippen molar-refractivity contribution < 1.29 is 4.79 Å². The highest BCUT2D eigenvalue weighted by molar-refractivity contribution is 5.76. The molecular weight excluding hydrogens is 200 g/mol. The molecule has 0 atom stereocenters. The van der Waals surface area contributed by atoms with Crippen LogP contribution in [0, 0.1) is 5.92 Å². The maximum atomic E-state index is 11.5. The fraction of sp³-hybridized carbons (Fsp3) is 0.462. The molecule has 1 saturated carbocycles. The van der Waals surface area contributed by atoms with Crippen LogP contribution in [0.25, 0.3) is 0 Å². The quantitative estimate of drug-likeness (QED) is 0.739. The molecule has 3 N–H and O–H groups in total. The van der Waals surface area contributed by atoms with E-state index in [-0.39, 0.29) is 5.91 Å². The van der Waals surface area contributed by atoms with E-state index in [1.54, 1.807) is 0 Å². The molecule has 2 rings (SSSR count). The third-order valence-corrected chi connectivity index (χ3v) is 2.88. The standard InChI is InChI=1S/C13H18N2O/c14-12-3-1-2-10(8-12)6-7-13(16)15-9-11-4-5-11/h1-3,8,11H,4-7,9,14H2,(H,15,16). The van der Waals surface area contributed by atoms with Crippen LogP contribution >= 0.6 is 0 Å². The van der Waals surface area contributed by atoms with Gasteiger partial charge in [0.25, 0.3) is 0 Å². The molecule has 1 aromatic rings. The molecule has 3 heteroatoms. The van der Waals surface area contributed by atoms with Crippen LogP contribution in [-0.4, -0.2) is 12.5 Å². The Balaban J connectivity index is 1.71. The zero-order valence-corrected chi connectivity index (χ0v) is 9.41. The van der Waals surface area contributed by atoms with Crippen molar-refractivity contribution in [2.24, 2.45) is 5.92 Å². The third kappa shape index (κ3) is 3.57. The summed E-state index contributed by atoms with van der Waals surface area (Å²) in [7, 11) is 0. The minimum absolute atomic E-state index is 0.148. The Morgan fingerprint density at radius 3 is 2.94 bits per heavy atom. The highest BCUT2D eigenvalue weighted by atomic mass is 16.1. The van der Waals surface area contributed by atoms with E-state index in [1.165, 1.54) is 12.8 Å². The Hall–Kier alpha value is -1.51. The van der Waals surface area contributed by atoms with Crippen LogP contribution in [0.5, 0.6) is 0 Å². The molecule has 0 aliphatic heterocycles. The number of carbonyl (C=O) groups excluding carboxylic acids is 1. The Bertz CT molecular complexity index is 372. The van der Waals surface area contributed by atoms with Gasteiger partial charge in [-0.25, -0.2) is 0 Å². The smallest absolute Gasteiger partial charge is 0.220 e. The summed E-state index contributed by atoms with van der Waals surface area (Å²) >= 11 is 0.